The second-order valence-electron chi connectivity index (χ2n) is 6.46. The average Bonchev–Trinajstić information content (AvgIpc) is 3.00. The Balaban J connectivity index is 1.50. The van der Waals surface area contributed by atoms with Crippen molar-refractivity contribution in [1.82, 2.24) is 0 Å². The van der Waals surface area contributed by atoms with Gasteiger partial charge in [0.1, 0.15) is 12.6 Å². The molecule has 0 unspecified atom stereocenters. The summed E-state index contributed by atoms with van der Waals surface area (Å²) < 4.78 is 13.2. The van der Waals surface area contributed by atoms with Crippen molar-refractivity contribution >= 4 is 0 Å². The molecule has 0 aromatic carbocycles. The Labute approximate surface area is 110 Å². The number of rotatable bonds is 3. The number of likely N-dealkylation sites (N-methyl/N-ethyl adjacent to an activating group) is 1. The minimum Gasteiger partial charge on any atom is -0.349 e. The van der Waals surface area contributed by atoms with E-state index >= 15 is 0 Å². The standard InChI is InChI=1S/C15H26NO2/c1-16(9-5-6-10-16)11-14-12-17-15(18-14)13-7-3-2-4-8-13/h2-3,13-15H,4-12H2,1H3/q+1/t13-,14-,15+/m1/s1. The van der Waals surface area contributed by atoms with Crippen molar-refractivity contribution in [2.24, 2.45) is 5.92 Å². The van der Waals surface area contributed by atoms with E-state index < -0.39 is 0 Å². The van der Waals surface area contributed by atoms with Gasteiger partial charge in [-0.1, -0.05) is 12.2 Å². The number of nitrogens with zero attached hydrogens (tertiary/aromatic N) is 1. The molecule has 0 saturated carbocycles. The minimum absolute atomic E-state index is 0.0640. The van der Waals surface area contributed by atoms with E-state index in [1.54, 1.807) is 0 Å². The molecule has 3 nitrogen and oxygen atoms in total. The Morgan fingerprint density at radius 3 is 2.78 bits per heavy atom. The van der Waals surface area contributed by atoms with Crippen LogP contribution in [0.3, 0.4) is 0 Å². The Morgan fingerprint density at radius 2 is 2.06 bits per heavy atom. The summed E-state index contributed by atoms with van der Waals surface area (Å²) in [7, 11) is 2.37. The van der Waals surface area contributed by atoms with E-state index in [0.29, 0.717) is 12.0 Å². The molecule has 0 spiro atoms. The van der Waals surface area contributed by atoms with Gasteiger partial charge in [-0.05, 0) is 19.3 Å². The lowest BCUT2D eigenvalue weighted by Gasteiger charge is -2.31. The number of likely N-dealkylation sites (tertiary alicyclic amines) is 1. The maximum absolute atomic E-state index is 6.16. The second kappa shape index (κ2) is 5.32. The van der Waals surface area contributed by atoms with Gasteiger partial charge in [-0.25, -0.2) is 0 Å². The third kappa shape index (κ3) is 2.79. The molecule has 0 aromatic heterocycles. The van der Waals surface area contributed by atoms with Crippen LogP contribution in [0.2, 0.25) is 0 Å². The summed E-state index contributed by atoms with van der Waals surface area (Å²) in [4.78, 5) is 0. The van der Waals surface area contributed by atoms with E-state index in [9.17, 15) is 0 Å². The number of hydrogen-bond acceptors (Lipinski definition) is 2. The van der Waals surface area contributed by atoms with E-state index in [0.717, 1.165) is 19.6 Å². The van der Waals surface area contributed by atoms with Crippen molar-refractivity contribution < 1.29 is 14.0 Å². The molecule has 2 saturated heterocycles. The highest BCUT2D eigenvalue weighted by Gasteiger charge is 2.38. The van der Waals surface area contributed by atoms with Crippen molar-refractivity contribution in [3.63, 3.8) is 0 Å². The molecule has 0 bridgehead atoms. The van der Waals surface area contributed by atoms with Gasteiger partial charge in [0, 0.05) is 18.8 Å². The van der Waals surface area contributed by atoms with Crippen LogP contribution in [0.1, 0.15) is 32.1 Å². The van der Waals surface area contributed by atoms with Crippen LogP contribution in [0.4, 0.5) is 0 Å². The highest BCUT2D eigenvalue weighted by Crippen LogP contribution is 2.30. The zero-order chi connectivity index (χ0) is 12.4. The van der Waals surface area contributed by atoms with Crippen LogP contribution >= 0.6 is 0 Å². The van der Waals surface area contributed by atoms with Gasteiger partial charge in [-0.15, -0.1) is 0 Å². The monoisotopic (exact) mass is 252 g/mol. The SMILES string of the molecule is C[N+]1(C[C@@H]2CO[C@H]([C@@H]3CC=CCC3)O2)CCCC1. The number of hydrogen-bond donors (Lipinski definition) is 0. The molecule has 2 aliphatic heterocycles. The largest absolute Gasteiger partial charge is 0.349 e. The first-order chi connectivity index (χ1) is 8.75. The first-order valence-electron chi connectivity index (χ1n) is 7.51. The zero-order valence-corrected chi connectivity index (χ0v) is 11.5. The van der Waals surface area contributed by atoms with Crippen LogP contribution in [0.25, 0.3) is 0 Å². The molecule has 0 amide bonds. The molecule has 0 radical (unpaired) electrons. The summed E-state index contributed by atoms with van der Waals surface area (Å²) in [6.07, 6.45) is 11.2. The lowest BCUT2D eigenvalue weighted by molar-refractivity contribution is -0.900. The third-order valence-electron chi connectivity index (χ3n) is 4.76. The molecular formula is C15H26NO2+. The molecule has 3 rings (SSSR count). The van der Waals surface area contributed by atoms with Crippen LogP contribution < -0.4 is 0 Å². The van der Waals surface area contributed by atoms with Crippen LogP contribution in [0.5, 0.6) is 0 Å². The van der Waals surface area contributed by atoms with Crippen molar-refractivity contribution in [3.05, 3.63) is 12.2 Å². The third-order valence-corrected chi connectivity index (χ3v) is 4.76. The first kappa shape index (κ1) is 12.6. The molecule has 102 valence electrons. The van der Waals surface area contributed by atoms with Crippen molar-refractivity contribution in [3.8, 4) is 0 Å². The molecule has 2 heterocycles. The molecule has 0 aromatic rings. The maximum atomic E-state index is 6.16. The van der Waals surface area contributed by atoms with E-state index in [1.165, 1.54) is 43.3 Å². The van der Waals surface area contributed by atoms with Gasteiger partial charge in [0.2, 0.25) is 0 Å². The van der Waals surface area contributed by atoms with Crippen LogP contribution in [0.15, 0.2) is 12.2 Å². The topological polar surface area (TPSA) is 18.5 Å². The second-order valence-corrected chi connectivity index (χ2v) is 6.46. The van der Waals surface area contributed by atoms with Crippen LogP contribution in [-0.4, -0.2) is 50.2 Å². The van der Waals surface area contributed by atoms with Gasteiger partial charge in [0.15, 0.2) is 6.29 Å². The van der Waals surface area contributed by atoms with E-state index in [1.807, 2.05) is 0 Å². The molecule has 1 aliphatic carbocycles. The smallest absolute Gasteiger partial charge is 0.161 e. The maximum Gasteiger partial charge on any atom is 0.161 e. The average molecular weight is 252 g/mol. The number of ether oxygens (including phenoxy) is 2. The summed E-state index contributed by atoms with van der Waals surface area (Å²) in [5.74, 6) is 0.587. The van der Waals surface area contributed by atoms with E-state index in [2.05, 4.69) is 19.2 Å². The lowest BCUT2D eigenvalue weighted by Crippen LogP contribution is -2.47. The minimum atomic E-state index is 0.0640. The van der Waals surface area contributed by atoms with Gasteiger partial charge in [0.25, 0.3) is 0 Å². The molecule has 3 atom stereocenters. The van der Waals surface area contributed by atoms with Crippen molar-refractivity contribution in [1.29, 1.82) is 0 Å². The summed E-state index contributed by atoms with van der Waals surface area (Å²) in [6, 6.07) is 0. The van der Waals surface area contributed by atoms with Gasteiger partial charge < -0.3 is 14.0 Å². The fourth-order valence-electron chi connectivity index (χ4n) is 3.65. The Kier molecular flexibility index (Phi) is 3.73. The zero-order valence-electron chi connectivity index (χ0n) is 11.5. The van der Waals surface area contributed by atoms with E-state index in [4.69, 9.17) is 9.47 Å². The fourth-order valence-corrected chi connectivity index (χ4v) is 3.65. The predicted molar refractivity (Wildman–Crippen MR) is 71.1 cm³/mol. The molecular weight excluding hydrogens is 226 g/mol. The Hall–Kier alpha value is -0.380. The lowest BCUT2D eigenvalue weighted by atomic mass is 9.94. The summed E-state index contributed by atoms with van der Waals surface area (Å²) in [5.41, 5.74) is 0. The summed E-state index contributed by atoms with van der Waals surface area (Å²) in [6.45, 7) is 4.57. The Morgan fingerprint density at radius 1 is 1.22 bits per heavy atom. The highest BCUT2D eigenvalue weighted by molar-refractivity contribution is 4.91. The molecule has 2 fully saturated rings. The molecule has 3 aliphatic rings. The predicted octanol–water partition coefficient (Wildman–Crippen LogP) is 2.32. The van der Waals surface area contributed by atoms with Gasteiger partial charge in [-0.2, -0.15) is 0 Å². The fraction of sp³-hybridized carbons (Fsp3) is 0.867. The number of quaternary nitrogens is 1. The van der Waals surface area contributed by atoms with Gasteiger partial charge >= 0.3 is 0 Å². The highest BCUT2D eigenvalue weighted by atomic mass is 16.7. The van der Waals surface area contributed by atoms with Crippen molar-refractivity contribution in [2.45, 2.75) is 44.5 Å². The van der Waals surface area contributed by atoms with Crippen LogP contribution in [-0.2, 0) is 9.47 Å². The molecule has 0 N–H and O–H groups in total. The summed E-state index contributed by atoms with van der Waals surface area (Å²) >= 11 is 0. The van der Waals surface area contributed by atoms with Gasteiger partial charge in [0.05, 0.1) is 26.7 Å². The molecule has 18 heavy (non-hydrogen) atoms. The van der Waals surface area contributed by atoms with Crippen molar-refractivity contribution in [2.75, 3.05) is 33.3 Å². The normalized spacial score (nSPS) is 39.3. The van der Waals surface area contributed by atoms with Gasteiger partial charge in [-0.3, -0.25) is 0 Å². The summed E-state index contributed by atoms with van der Waals surface area (Å²) in [5, 5.41) is 0. The number of allylic oxidation sites excluding steroid dienone is 2. The van der Waals surface area contributed by atoms with Crippen LogP contribution in [0, 0.1) is 5.92 Å². The molecule has 3 heteroatoms. The van der Waals surface area contributed by atoms with E-state index in [-0.39, 0.29) is 6.29 Å². The first-order valence-corrected chi connectivity index (χ1v) is 7.51. The Bertz CT molecular complexity index is 310. The quantitative estimate of drug-likeness (QED) is 0.567.